The van der Waals surface area contributed by atoms with Crippen LogP contribution in [0, 0.1) is 13.8 Å². The van der Waals surface area contributed by atoms with Crippen molar-refractivity contribution in [2.24, 2.45) is 0 Å². The van der Waals surface area contributed by atoms with Crippen LogP contribution < -0.4 is 0 Å². The van der Waals surface area contributed by atoms with Gasteiger partial charge in [-0.3, -0.25) is 4.98 Å². The van der Waals surface area contributed by atoms with Crippen molar-refractivity contribution in [1.82, 2.24) is 24.7 Å². The van der Waals surface area contributed by atoms with Crippen molar-refractivity contribution in [1.29, 1.82) is 0 Å². The minimum Gasteiger partial charge on any atom is -0.390 e. The van der Waals surface area contributed by atoms with Gasteiger partial charge in [-0.15, -0.1) is 5.10 Å². The summed E-state index contributed by atoms with van der Waals surface area (Å²) >= 11 is 0. The molecule has 2 aromatic rings. The van der Waals surface area contributed by atoms with Crippen LogP contribution in [0.3, 0.4) is 0 Å². The number of aliphatic hydroxyl groups is 1. The Morgan fingerprint density at radius 3 is 2.53 bits per heavy atom. The van der Waals surface area contributed by atoms with E-state index in [1.165, 1.54) is 6.20 Å². The second-order valence-corrected chi connectivity index (χ2v) is 3.14. The summed E-state index contributed by atoms with van der Waals surface area (Å²) in [5, 5.41) is 13.0. The number of nitrogens with zero attached hydrogens (tertiary/aromatic N) is 5. The molecule has 0 amide bonds. The minimum atomic E-state index is -0.108. The van der Waals surface area contributed by atoms with Crippen molar-refractivity contribution in [3.05, 3.63) is 29.7 Å². The van der Waals surface area contributed by atoms with Crippen LogP contribution in [0.4, 0.5) is 0 Å². The fourth-order valence-corrected chi connectivity index (χ4v) is 1.28. The first kappa shape index (κ1) is 9.72. The van der Waals surface area contributed by atoms with E-state index in [1.54, 1.807) is 10.9 Å². The first-order valence-electron chi connectivity index (χ1n) is 4.53. The molecule has 15 heavy (non-hydrogen) atoms. The van der Waals surface area contributed by atoms with Gasteiger partial charge in [0.25, 0.3) is 0 Å². The number of hydrogen-bond acceptors (Lipinski definition) is 5. The fourth-order valence-electron chi connectivity index (χ4n) is 1.28. The van der Waals surface area contributed by atoms with Gasteiger partial charge >= 0.3 is 0 Å². The van der Waals surface area contributed by atoms with E-state index in [9.17, 15) is 0 Å². The second kappa shape index (κ2) is 3.74. The average molecular weight is 205 g/mol. The summed E-state index contributed by atoms with van der Waals surface area (Å²) < 4.78 is 1.61. The van der Waals surface area contributed by atoms with Crippen LogP contribution in [0.2, 0.25) is 0 Å². The summed E-state index contributed by atoms with van der Waals surface area (Å²) in [7, 11) is 0. The van der Waals surface area contributed by atoms with Crippen LogP contribution in [0.1, 0.15) is 17.3 Å². The third-order valence-corrected chi connectivity index (χ3v) is 1.95. The molecular weight excluding hydrogens is 194 g/mol. The van der Waals surface area contributed by atoms with Gasteiger partial charge in [0, 0.05) is 0 Å². The topological polar surface area (TPSA) is 76.7 Å². The molecule has 0 aliphatic heterocycles. The summed E-state index contributed by atoms with van der Waals surface area (Å²) in [5.74, 6) is 2.06. The maximum Gasteiger partial charge on any atom is 0.174 e. The van der Waals surface area contributed by atoms with Crippen LogP contribution in [0.25, 0.3) is 5.82 Å². The van der Waals surface area contributed by atoms with Gasteiger partial charge in [0.2, 0.25) is 0 Å². The smallest absolute Gasteiger partial charge is 0.174 e. The van der Waals surface area contributed by atoms with Crippen molar-refractivity contribution in [3.8, 4) is 5.82 Å². The molecule has 0 bridgehead atoms. The Morgan fingerprint density at radius 1 is 1.27 bits per heavy atom. The molecule has 0 aliphatic rings. The van der Waals surface area contributed by atoms with Gasteiger partial charge in [-0.05, 0) is 13.8 Å². The predicted molar refractivity (Wildman–Crippen MR) is 52.3 cm³/mol. The summed E-state index contributed by atoms with van der Waals surface area (Å²) in [4.78, 5) is 12.3. The monoisotopic (exact) mass is 205 g/mol. The molecule has 0 fully saturated rings. The van der Waals surface area contributed by atoms with Gasteiger partial charge < -0.3 is 5.11 Å². The Hall–Kier alpha value is -1.82. The number of hydrogen-bond donors (Lipinski definition) is 1. The standard InChI is InChI=1S/C9H11N5O/c1-6-12-7(2)14(13-6)9-4-10-8(5-15)3-11-9/h3-4,15H,5H2,1-2H3. The summed E-state index contributed by atoms with van der Waals surface area (Å²) in [6.07, 6.45) is 3.08. The van der Waals surface area contributed by atoms with Gasteiger partial charge in [0.05, 0.1) is 24.7 Å². The molecule has 0 radical (unpaired) electrons. The van der Waals surface area contributed by atoms with Crippen molar-refractivity contribution < 1.29 is 5.11 Å². The highest BCUT2D eigenvalue weighted by atomic mass is 16.3. The molecule has 6 heteroatoms. The van der Waals surface area contributed by atoms with Crippen molar-refractivity contribution in [3.63, 3.8) is 0 Å². The largest absolute Gasteiger partial charge is 0.390 e. The molecular formula is C9H11N5O. The normalized spacial score (nSPS) is 10.6. The van der Waals surface area contributed by atoms with E-state index in [2.05, 4.69) is 20.1 Å². The lowest BCUT2D eigenvalue weighted by Crippen LogP contribution is -2.04. The first-order chi connectivity index (χ1) is 7.20. The predicted octanol–water partition coefficient (Wildman–Crippen LogP) is 0.166. The number of aryl methyl sites for hydroxylation is 2. The van der Waals surface area contributed by atoms with Gasteiger partial charge in [-0.1, -0.05) is 0 Å². The summed E-state index contributed by atoms with van der Waals surface area (Å²) in [5.41, 5.74) is 0.535. The molecule has 0 saturated heterocycles. The first-order valence-corrected chi connectivity index (χ1v) is 4.53. The maximum atomic E-state index is 8.82. The SMILES string of the molecule is Cc1nc(C)n(-c2cnc(CO)cn2)n1. The van der Waals surface area contributed by atoms with Crippen molar-refractivity contribution >= 4 is 0 Å². The van der Waals surface area contributed by atoms with E-state index in [1.807, 2.05) is 13.8 Å². The Balaban J connectivity index is 2.41. The van der Waals surface area contributed by atoms with E-state index in [4.69, 9.17) is 5.11 Å². The molecule has 78 valence electrons. The molecule has 2 rings (SSSR count). The highest BCUT2D eigenvalue weighted by Crippen LogP contribution is 2.05. The molecule has 6 nitrogen and oxygen atoms in total. The zero-order valence-corrected chi connectivity index (χ0v) is 8.55. The van der Waals surface area contributed by atoms with Crippen LogP contribution in [-0.2, 0) is 6.61 Å². The zero-order valence-electron chi connectivity index (χ0n) is 8.55. The summed E-state index contributed by atoms with van der Waals surface area (Å²) in [6, 6.07) is 0. The van der Waals surface area contributed by atoms with Crippen LogP contribution >= 0.6 is 0 Å². The van der Waals surface area contributed by atoms with E-state index >= 15 is 0 Å². The molecule has 0 saturated carbocycles. The molecule has 2 heterocycles. The third-order valence-electron chi connectivity index (χ3n) is 1.95. The fraction of sp³-hybridized carbons (Fsp3) is 0.333. The highest BCUT2D eigenvalue weighted by molar-refractivity contribution is 5.19. The lowest BCUT2D eigenvalue weighted by atomic mass is 10.5. The van der Waals surface area contributed by atoms with Crippen LogP contribution in [0.15, 0.2) is 12.4 Å². The van der Waals surface area contributed by atoms with E-state index < -0.39 is 0 Å². The molecule has 0 spiro atoms. The highest BCUT2D eigenvalue weighted by Gasteiger charge is 2.06. The number of aliphatic hydroxyl groups excluding tert-OH is 1. The van der Waals surface area contributed by atoms with E-state index in [-0.39, 0.29) is 6.61 Å². The second-order valence-electron chi connectivity index (χ2n) is 3.14. The molecule has 0 aliphatic carbocycles. The number of aromatic nitrogens is 5. The molecule has 2 aromatic heterocycles. The van der Waals surface area contributed by atoms with E-state index in [0.717, 1.165) is 5.82 Å². The Kier molecular flexibility index (Phi) is 2.42. The molecule has 0 atom stereocenters. The molecule has 0 aromatic carbocycles. The molecule has 1 N–H and O–H groups in total. The Labute approximate surface area is 86.6 Å². The van der Waals surface area contributed by atoms with Crippen molar-refractivity contribution in [2.75, 3.05) is 0 Å². The molecule has 0 unspecified atom stereocenters. The lowest BCUT2D eigenvalue weighted by molar-refractivity contribution is 0.276. The Bertz CT molecular complexity index is 462. The van der Waals surface area contributed by atoms with Gasteiger partial charge in [0.15, 0.2) is 5.82 Å². The minimum absolute atomic E-state index is 0.108. The van der Waals surface area contributed by atoms with Crippen LogP contribution in [-0.4, -0.2) is 29.8 Å². The third kappa shape index (κ3) is 1.84. The van der Waals surface area contributed by atoms with E-state index in [0.29, 0.717) is 17.3 Å². The van der Waals surface area contributed by atoms with Gasteiger partial charge in [-0.2, -0.15) is 4.68 Å². The zero-order chi connectivity index (χ0) is 10.8. The Morgan fingerprint density at radius 2 is 2.07 bits per heavy atom. The maximum absolute atomic E-state index is 8.82. The van der Waals surface area contributed by atoms with Crippen LogP contribution in [0.5, 0.6) is 0 Å². The quantitative estimate of drug-likeness (QED) is 0.756. The van der Waals surface area contributed by atoms with Gasteiger partial charge in [0.1, 0.15) is 11.6 Å². The summed E-state index contributed by atoms with van der Waals surface area (Å²) in [6.45, 7) is 3.56. The van der Waals surface area contributed by atoms with Crippen molar-refractivity contribution in [2.45, 2.75) is 20.5 Å². The average Bonchev–Trinajstić information content (AvgIpc) is 2.58. The van der Waals surface area contributed by atoms with Gasteiger partial charge in [-0.25, -0.2) is 9.97 Å². The lowest BCUT2D eigenvalue weighted by Gasteiger charge is -2.01. The number of rotatable bonds is 2.